The number of pyridine rings is 3. The van der Waals surface area contributed by atoms with Crippen LogP contribution in [0, 0.1) is 12.8 Å². The van der Waals surface area contributed by atoms with Crippen molar-refractivity contribution in [2.45, 2.75) is 6.92 Å². The van der Waals surface area contributed by atoms with Crippen molar-refractivity contribution in [1.29, 1.82) is 0 Å². The number of hydrogen-bond acceptors (Lipinski definition) is 9. The van der Waals surface area contributed by atoms with Crippen LogP contribution >= 0.6 is 11.5 Å². The van der Waals surface area contributed by atoms with Gasteiger partial charge in [0.25, 0.3) is 0 Å². The highest BCUT2D eigenvalue weighted by atomic mass is 32.1. The summed E-state index contributed by atoms with van der Waals surface area (Å²) in [5, 5.41) is 12.8. The number of carbonyl (C=O) groups is 2. The standard InChI is InChI=1S/C21H17N7O4S/c1-11-3-2-4-15(24-11)25-19(30)12-7-27(8-12)16-6-5-13-17(29)14(20(31)32)9-28(18(13)26-16)21-22-10-23-33-21/h2-6,9-10,12H,7-8H2,1H3,(H,31,32)(H,24,25,30). The summed E-state index contributed by atoms with van der Waals surface area (Å²) < 4.78 is 5.41. The van der Waals surface area contributed by atoms with Crippen molar-refractivity contribution in [2.24, 2.45) is 5.92 Å². The summed E-state index contributed by atoms with van der Waals surface area (Å²) in [5.41, 5.74) is 0.0913. The Balaban J connectivity index is 1.42. The topological polar surface area (TPSA) is 143 Å². The van der Waals surface area contributed by atoms with Crippen molar-refractivity contribution >= 4 is 46.1 Å². The van der Waals surface area contributed by atoms with E-state index in [1.165, 1.54) is 17.1 Å². The third kappa shape index (κ3) is 3.80. The normalized spacial score (nSPS) is 13.7. The van der Waals surface area contributed by atoms with E-state index < -0.39 is 11.4 Å². The molecule has 0 aliphatic carbocycles. The molecule has 0 aromatic carbocycles. The van der Waals surface area contributed by atoms with E-state index in [4.69, 9.17) is 0 Å². The molecule has 33 heavy (non-hydrogen) atoms. The van der Waals surface area contributed by atoms with Crippen LogP contribution in [0.15, 0.2) is 47.7 Å². The van der Waals surface area contributed by atoms with Crippen molar-refractivity contribution in [3.8, 4) is 5.13 Å². The van der Waals surface area contributed by atoms with Crippen molar-refractivity contribution in [3.05, 3.63) is 64.3 Å². The summed E-state index contributed by atoms with van der Waals surface area (Å²) in [5.74, 6) is -0.603. The molecule has 1 amide bonds. The molecule has 0 bridgehead atoms. The Kier molecular flexibility index (Phi) is 5.05. The molecule has 0 spiro atoms. The Morgan fingerprint density at radius 2 is 2.00 bits per heavy atom. The molecule has 11 nitrogen and oxygen atoms in total. The number of fused-ring (bicyclic) bond motifs is 1. The highest BCUT2D eigenvalue weighted by Crippen LogP contribution is 2.26. The average molecular weight is 463 g/mol. The zero-order valence-corrected chi connectivity index (χ0v) is 18.1. The molecule has 2 N–H and O–H groups in total. The van der Waals surface area contributed by atoms with Crippen LogP contribution in [0.5, 0.6) is 0 Å². The fourth-order valence-corrected chi connectivity index (χ4v) is 4.12. The van der Waals surface area contributed by atoms with Gasteiger partial charge in [-0.2, -0.15) is 4.37 Å². The quantitative estimate of drug-likeness (QED) is 0.452. The molecule has 12 heteroatoms. The number of aromatic carboxylic acids is 1. The number of carboxylic acid groups (broad SMARTS) is 1. The van der Waals surface area contributed by atoms with Crippen LogP contribution in [0.3, 0.4) is 0 Å². The van der Waals surface area contributed by atoms with Crippen LogP contribution in [0.2, 0.25) is 0 Å². The van der Waals surface area contributed by atoms with Crippen molar-refractivity contribution in [2.75, 3.05) is 23.3 Å². The first-order valence-electron chi connectivity index (χ1n) is 9.97. The maximum Gasteiger partial charge on any atom is 0.341 e. The van der Waals surface area contributed by atoms with E-state index in [9.17, 15) is 19.5 Å². The third-order valence-corrected chi connectivity index (χ3v) is 6.00. The molecule has 0 saturated carbocycles. The van der Waals surface area contributed by atoms with E-state index in [1.54, 1.807) is 18.2 Å². The largest absolute Gasteiger partial charge is 0.477 e. The summed E-state index contributed by atoms with van der Waals surface area (Å²) in [6.45, 7) is 2.76. The number of carboxylic acids is 1. The summed E-state index contributed by atoms with van der Waals surface area (Å²) in [7, 11) is 0. The molecule has 5 heterocycles. The molecule has 1 fully saturated rings. The molecule has 5 rings (SSSR count). The van der Waals surface area contributed by atoms with E-state index in [0.29, 0.717) is 29.9 Å². The van der Waals surface area contributed by atoms with E-state index in [0.717, 1.165) is 17.2 Å². The number of hydrogen-bond donors (Lipinski definition) is 2. The van der Waals surface area contributed by atoms with Gasteiger partial charge in [0.05, 0.1) is 11.3 Å². The lowest BCUT2D eigenvalue weighted by atomic mass is 9.99. The number of aromatic nitrogens is 5. The predicted molar refractivity (Wildman–Crippen MR) is 121 cm³/mol. The predicted octanol–water partition coefficient (Wildman–Crippen LogP) is 1.71. The molecule has 0 atom stereocenters. The summed E-state index contributed by atoms with van der Waals surface area (Å²) in [6.07, 6.45) is 2.56. The van der Waals surface area contributed by atoms with Crippen LogP contribution in [-0.4, -0.2) is 54.0 Å². The number of carbonyl (C=O) groups excluding carboxylic acids is 1. The zero-order chi connectivity index (χ0) is 23.1. The first-order chi connectivity index (χ1) is 15.9. The van der Waals surface area contributed by atoms with Gasteiger partial charge in [0.1, 0.15) is 23.5 Å². The molecule has 166 valence electrons. The van der Waals surface area contributed by atoms with Gasteiger partial charge in [0.2, 0.25) is 16.5 Å². The lowest BCUT2D eigenvalue weighted by Crippen LogP contribution is -2.52. The molecule has 1 saturated heterocycles. The Bertz CT molecular complexity index is 1450. The average Bonchev–Trinajstić information content (AvgIpc) is 3.27. The third-order valence-electron chi connectivity index (χ3n) is 5.34. The molecule has 1 aliphatic rings. The minimum Gasteiger partial charge on any atom is -0.477 e. The van der Waals surface area contributed by atoms with Gasteiger partial charge < -0.3 is 15.3 Å². The van der Waals surface area contributed by atoms with Gasteiger partial charge in [-0.1, -0.05) is 6.07 Å². The number of nitrogens with zero attached hydrogens (tertiary/aromatic N) is 6. The Hall–Kier alpha value is -4.19. The second kappa shape index (κ2) is 8.06. The molecule has 0 unspecified atom stereocenters. The first kappa shape index (κ1) is 20.7. The van der Waals surface area contributed by atoms with Crippen molar-refractivity contribution in [1.82, 2.24) is 23.9 Å². The van der Waals surface area contributed by atoms with Gasteiger partial charge in [-0.25, -0.2) is 19.7 Å². The highest BCUT2D eigenvalue weighted by Gasteiger charge is 2.34. The molecule has 4 aromatic rings. The van der Waals surface area contributed by atoms with E-state index in [-0.39, 0.29) is 28.4 Å². The van der Waals surface area contributed by atoms with Crippen molar-refractivity contribution in [3.63, 3.8) is 0 Å². The zero-order valence-electron chi connectivity index (χ0n) is 17.3. The number of amides is 1. The van der Waals surface area contributed by atoms with Crippen LogP contribution in [0.25, 0.3) is 16.2 Å². The number of rotatable bonds is 5. The van der Waals surface area contributed by atoms with E-state index in [1.807, 2.05) is 24.0 Å². The van der Waals surface area contributed by atoms with Crippen LogP contribution in [0.4, 0.5) is 11.6 Å². The minimum atomic E-state index is -1.33. The fourth-order valence-electron chi connectivity index (χ4n) is 3.61. The number of nitrogens with one attached hydrogen (secondary N) is 1. The Morgan fingerprint density at radius 3 is 2.70 bits per heavy atom. The molecule has 0 radical (unpaired) electrons. The van der Waals surface area contributed by atoms with Crippen LogP contribution in [-0.2, 0) is 4.79 Å². The maximum atomic E-state index is 12.7. The second-order valence-corrected chi connectivity index (χ2v) is 8.33. The van der Waals surface area contributed by atoms with Gasteiger partial charge in [-0.15, -0.1) is 0 Å². The highest BCUT2D eigenvalue weighted by molar-refractivity contribution is 7.08. The molecular formula is C21H17N7O4S. The van der Waals surface area contributed by atoms with Gasteiger partial charge in [0, 0.05) is 36.5 Å². The second-order valence-electron chi connectivity index (χ2n) is 7.57. The molecule has 4 aromatic heterocycles. The van der Waals surface area contributed by atoms with Gasteiger partial charge in [-0.3, -0.25) is 14.2 Å². The van der Waals surface area contributed by atoms with Gasteiger partial charge in [-0.05, 0) is 31.2 Å². The lowest BCUT2D eigenvalue weighted by Gasteiger charge is -2.39. The van der Waals surface area contributed by atoms with Crippen molar-refractivity contribution < 1.29 is 14.7 Å². The number of aryl methyl sites for hydroxylation is 1. The smallest absolute Gasteiger partial charge is 0.341 e. The fraction of sp³-hybridized carbons (Fsp3) is 0.190. The van der Waals surface area contributed by atoms with Gasteiger partial charge in [0.15, 0.2) is 5.65 Å². The van der Waals surface area contributed by atoms with Gasteiger partial charge >= 0.3 is 5.97 Å². The van der Waals surface area contributed by atoms with Crippen LogP contribution in [0.1, 0.15) is 16.1 Å². The SMILES string of the molecule is Cc1cccc(NC(=O)C2CN(c3ccc4c(=O)c(C(=O)O)cn(-c5ncns5)c4n3)C2)n1. The first-order valence-corrected chi connectivity index (χ1v) is 10.7. The molecule has 1 aliphatic heterocycles. The van der Waals surface area contributed by atoms with E-state index >= 15 is 0 Å². The lowest BCUT2D eigenvalue weighted by molar-refractivity contribution is -0.120. The summed E-state index contributed by atoms with van der Waals surface area (Å²) >= 11 is 1.05. The maximum absolute atomic E-state index is 12.7. The Labute approximate surface area is 190 Å². The van der Waals surface area contributed by atoms with E-state index in [2.05, 4.69) is 24.6 Å². The summed E-state index contributed by atoms with van der Waals surface area (Å²) in [4.78, 5) is 51.7. The Morgan fingerprint density at radius 1 is 1.18 bits per heavy atom. The molecular weight excluding hydrogens is 446 g/mol. The summed E-state index contributed by atoms with van der Waals surface area (Å²) in [6, 6.07) is 8.62. The monoisotopic (exact) mass is 463 g/mol. The van der Waals surface area contributed by atoms with Crippen LogP contribution < -0.4 is 15.6 Å². The number of anilines is 2. The minimum absolute atomic E-state index is 0.123.